The van der Waals surface area contributed by atoms with E-state index in [9.17, 15) is 22.8 Å². The summed E-state index contributed by atoms with van der Waals surface area (Å²) in [6.45, 7) is 0.0137. The van der Waals surface area contributed by atoms with Gasteiger partial charge in [0.25, 0.3) is 0 Å². The van der Waals surface area contributed by atoms with Crippen molar-refractivity contribution < 1.29 is 32.6 Å². The van der Waals surface area contributed by atoms with Crippen LogP contribution in [0.25, 0.3) is 0 Å². The van der Waals surface area contributed by atoms with Gasteiger partial charge in [-0.25, -0.2) is 4.79 Å². The number of carboxylic acids is 1. The van der Waals surface area contributed by atoms with Crippen LogP contribution in [0.4, 0.5) is 18.0 Å². The molecule has 1 amide bonds. The zero-order valence-corrected chi connectivity index (χ0v) is 12.8. The second kappa shape index (κ2) is 7.55. The number of aliphatic carboxylic acids is 1. The van der Waals surface area contributed by atoms with Gasteiger partial charge < -0.3 is 15.2 Å². The highest BCUT2D eigenvalue weighted by atomic mass is 19.4. The number of carboxylic acid groups (broad SMARTS) is 1. The minimum atomic E-state index is -4.61. The van der Waals surface area contributed by atoms with E-state index in [0.717, 1.165) is 5.56 Å². The van der Waals surface area contributed by atoms with E-state index < -0.39 is 42.5 Å². The molecule has 0 heterocycles. The molecule has 0 radical (unpaired) electrons. The van der Waals surface area contributed by atoms with Gasteiger partial charge in [0.1, 0.15) is 6.61 Å². The van der Waals surface area contributed by atoms with Crippen molar-refractivity contribution in [2.24, 2.45) is 11.8 Å². The van der Waals surface area contributed by atoms with Crippen LogP contribution < -0.4 is 5.32 Å². The minimum Gasteiger partial charge on any atom is -0.481 e. The molecule has 0 spiro atoms. The summed E-state index contributed by atoms with van der Waals surface area (Å²) in [4.78, 5) is 22.7. The highest BCUT2D eigenvalue weighted by molar-refractivity contribution is 5.71. The van der Waals surface area contributed by atoms with Crippen LogP contribution in [0.15, 0.2) is 30.3 Å². The second-order valence-corrected chi connectivity index (χ2v) is 5.81. The van der Waals surface area contributed by atoms with Crippen LogP contribution >= 0.6 is 0 Å². The predicted octanol–water partition coefficient (Wildman–Crippen LogP) is 3.34. The van der Waals surface area contributed by atoms with Crippen LogP contribution in [-0.4, -0.2) is 29.4 Å². The average molecular weight is 345 g/mol. The summed E-state index contributed by atoms with van der Waals surface area (Å²) < 4.78 is 44.1. The van der Waals surface area contributed by atoms with Crippen LogP contribution in [0.2, 0.25) is 0 Å². The van der Waals surface area contributed by atoms with Crippen molar-refractivity contribution >= 4 is 12.1 Å². The number of alkyl carbamates (subject to hydrolysis) is 1. The molecular formula is C16H18F3NO4. The average Bonchev–Trinajstić information content (AvgIpc) is 2.53. The minimum absolute atomic E-state index is 0.0137. The lowest BCUT2D eigenvalue weighted by Gasteiger charge is -2.35. The molecule has 1 aromatic rings. The number of benzene rings is 1. The van der Waals surface area contributed by atoms with E-state index in [1.165, 1.54) is 0 Å². The SMILES string of the molecule is O=C(NC1CCC(C(=O)O)C(C(F)(F)F)C1)OCc1ccccc1. The third-order valence-corrected chi connectivity index (χ3v) is 4.12. The lowest BCUT2D eigenvalue weighted by Crippen LogP contribution is -2.47. The van der Waals surface area contributed by atoms with Crippen molar-refractivity contribution in [3.63, 3.8) is 0 Å². The Hall–Kier alpha value is -2.25. The van der Waals surface area contributed by atoms with Crippen LogP contribution in [0.5, 0.6) is 0 Å². The first-order valence-corrected chi connectivity index (χ1v) is 7.54. The van der Waals surface area contributed by atoms with E-state index in [1.807, 2.05) is 6.07 Å². The quantitative estimate of drug-likeness (QED) is 0.877. The van der Waals surface area contributed by atoms with E-state index in [-0.39, 0.29) is 19.4 Å². The fourth-order valence-corrected chi connectivity index (χ4v) is 2.89. The maximum Gasteiger partial charge on any atom is 0.407 e. The molecular weight excluding hydrogens is 327 g/mol. The lowest BCUT2D eigenvalue weighted by atomic mass is 9.76. The van der Waals surface area contributed by atoms with Crippen molar-refractivity contribution in [1.29, 1.82) is 0 Å². The summed E-state index contributed by atoms with van der Waals surface area (Å²) in [5.41, 5.74) is 0.760. The second-order valence-electron chi connectivity index (χ2n) is 5.81. The number of alkyl halides is 3. The molecule has 0 aliphatic heterocycles. The Balaban J connectivity index is 1.88. The number of amides is 1. The number of carbonyl (C=O) groups is 2. The van der Waals surface area contributed by atoms with E-state index >= 15 is 0 Å². The summed E-state index contributed by atoms with van der Waals surface area (Å²) in [7, 11) is 0. The third kappa shape index (κ3) is 4.87. The molecule has 3 unspecified atom stereocenters. The Morgan fingerprint density at radius 2 is 1.88 bits per heavy atom. The summed E-state index contributed by atoms with van der Waals surface area (Å²) in [6.07, 6.45) is -5.84. The maximum atomic E-state index is 13.0. The van der Waals surface area contributed by atoms with Crippen molar-refractivity contribution in [1.82, 2.24) is 5.32 Å². The van der Waals surface area contributed by atoms with Gasteiger partial charge in [-0.3, -0.25) is 4.79 Å². The Kier molecular flexibility index (Phi) is 5.69. The Morgan fingerprint density at radius 1 is 1.21 bits per heavy atom. The van der Waals surface area contributed by atoms with Crippen molar-refractivity contribution in [3.05, 3.63) is 35.9 Å². The van der Waals surface area contributed by atoms with Gasteiger partial charge in [-0.2, -0.15) is 13.2 Å². The van der Waals surface area contributed by atoms with Crippen LogP contribution in [-0.2, 0) is 16.1 Å². The van der Waals surface area contributed by atoms with Crippen LogP contribution in [0.1, 0.15) is 24.8 Å². The molecule has 3 atom stereocenters. The van der Waals surface area contributed by atoms with Gasteiger partial charge in [-0.15, -0.1) is 0 Å². The molecule has 1 aromatic carbocycles. The van der Waals surface area contributed by atoms with Crippen LogP contribution in [0.3, 0.4) is 0 Å². The highest BCUT2D eigenvalue weighted by Crippen LogP contribution is 2.41. The predicted molar refractivity (Wildman–Crippen MR) is 78.1 cm³/mol. The van der Waals surface area contributed by atoms with E-state index in [4.69, 9.17) is 9.84 Å². The van der Waals surface area contributed by atoms with Crippen molar-refractivity contribution in [3.8, 4) is 0 Å². The Labute approximate surface area is 136 Å². The summed E-state index contributed by atoms with van der Waals surface area (Å²) in [5.74, 6) is -4.89. The Morgan fingerprint density at radius 3 is 2.46 bits per heavy atom. The maximum absolute atomic E-state index is 13.0. The monoisotopic (exact) mass is 345 g/mol. The fourth-order valence-electron chi connectivity index (χ4n) is 2.89. The number of hydrogen-bond acceptors (Lipinski definition) is 3. The molecule has 132 valence electrons. The molecule has 2 N–H and O–H groups in total. The highest BCUT2D eigenvalue weighted by Gasteiger charge is 2.50. The summed E-state index contributed by atoms with van der Waals surface area (Å²) in [5, 5.41) is 11.3. The van der Waals surface area contributed by atoms with Gasteiger partial charge >= 0.3 is 18.2 Å². The number of hydrogen-bond donors (Lipinski definition) is 2. The van der Waals surface area contributed by atoms with Gasteiger partial charge in [0, 0.05) is 6.04 Å². The van der Waals surface area contributed by atoms with Gasteiger partial charge in [0.05, 0.1) is 11.8 Å². The van der Waals surface area contributed by atoms with E-state index in [2.05, 4.69) is 5.32 Å². The van der Waals surface area contributed by atoms with Gasteiger partial charge in [0.15, 0.2) is 0 Å². The first-order valence-electron chi connectivity index (χ1n) is 7.54. The van der Waals surface area contributed by atoms with Crippen LogP contribution in [0, 0.1) is 11.8 Å². The number of rotatable bonds is 4. The van der Waals surface area contributed by atoms with E-state index in [0.29, 0.717) is 0 Å². The molecule has 24 heavy (non-hydrogen) atoms. The van der Waals surface area contributed by atoms with Crippen molar-refractivity contribution in [2.75, 3.05) is 0 Å². The molecule has 8 heteroatoms. The molecule has 0 aromatic heterocycles. The number of halogens is 3. The summed E-state index contributed by atoms with van der Waals surface area (Å²) in [6, 6.07) is 8.11. The zero-order chi connectivity index (χ0) is 17.7. The smallest absolute Gasteiger partial charge is 0.407 e. The standard InChI is InChI=1S/C16H18F3NO4/c17-16(18,19)13-8-11(6-7-12(13)14(21)22)20-15(23)24-9-10-4-2-1-3-5-10/h1-5,11-13H,6-9H2,(H,20,23)(H,21,22). The van der Waals surface area contributed by atoms with Crippen molar-refractivity contribution in [2.45, 2.75) is 38.1 Å². The van der Waals surface area contributed by atoms with Gasteiger partial charge in [-0.05, 0) is 24.8 Å². The van der Waals surface area contributed by atoms with E-state index in [1.54, 1.807) is 24.3 Å². The molecule has 1 aliphatic carbocycles. The molecule has 1 saturated carbocycles. The molecule has 0 saturated heterocycles. The number of carbonyl (C=O) groups excluding carboxylic acids is 1. The number of nitrogens with one attached hydrogen (secondary N) is 1. The number of ether oxygens (including phenoxy) is 1. The normalized spacial score (nSPS) is 24.2. The Bertz CT molecular complexity index is 576. The first kappa shape index (κ1) is 18.1. The first-order chi connectivity index (χ1) is 11.3. The molecule has 1 fully saturated rings. The largest absolute Gasteiger partial charge is 0.481 e. The topological polar surface area (TPSA) is 75.6 Å². The van der Waals surface area contributed by atoms with Gasteiger partial charge in [-0.1, -0.05) is 30.3 Å². The molecule has 5 nitrogen and oxygen atoms in total. The zero-order valence-electron chi connectivity index (χ0n) is 12.8. The van der Waals surface area contributed by atoms with Gasteiger partial charge in [0.2, 0.25) is 0 Å². The lowest BCUT2D eigenvalue weighted by molar-refractivity contribution is -0.204. The molecule has 2 rings (SSSR count). The fraction of sp³-hybridized carbons (Fsp3) is 0.500. The third-order valence-electron chi connectivity index (χ3n) is 4.12. The summed E-state index contributed by atoms with van der Waals surface area (Å²) >= 11 is 0. The molecule has 1 aliphatic rings. The molecule has 0 bridgehead atoms.